The summed E-state index contributed by atoms with van der Waals surface area (Å²) in [5.74, 6) is 0. The number of aliphatic hydroxyl groups is 1. The first-order valence-electron chi connectivity index (χ1n) is 5.58. The summed E-state index contributed by atoms with van der Waals surface area (Å²) >= 11 is 3.46. The molecule has 1 N–H and O–H groups in total. The highest BCUT2D eigenvalue weighted by Crippen LogP contribution is 2.26. The second kappa shape index (κ2) is 5.03. The number of halogens is 1. The lowest BCUT2D eigenvalue weighted by molar-refractivity contribution is 0.220. The van der Waals surface area contributed by atoms with Crippen molar-refractivity contribution in [2.24, 2.45) is 0 Å². The first kappa shape index (κ1) is 12.3. The zero-order chi connectivity index (χ0) is 12.4. The van der Waals surface area contributed by atoms with Gasteiger partial charge in [0.15, 0.2) is 0 Å². The summed E-state index contributed by atoms with van der Waals surface area (Å²) in [7, 11) is 0. The first-order chi connectivity index (χ1) is 8.06. The third-order valence-electron chi connectivity index (χ3n) is 2.74. The van der Waals surface area contributed by atoms with Gasteiger partial charge in [0.1, 0.15) is 6.10 Å². The third-order valence-corrected chi connectivity index (χ3v) is 3.20. The van der Waals surface area contributed by atoms with E-state index in [1.807, 2.05) is 56.3 Å². The molecular weight excluding hydrogens is 276 g/mol. The molecular formula is C15H15BrO. The maximum absolute atomic E-state index is 10.3. The Bertz CT molecular complexity index is 514. The van der Waals surface area contributed by atoms with E-state index in [2.05, 4.69) is 15.9 Å². The topological polar surface area (TPSA) is 20.2 Å². The predicted octanol–water partition coefficient (Wildman–Crippen LogP) is 4.15. The van der Waals surface area contributed by atoms with Crippen LogP contribution in [-0.4, -0.2) is 5.11 Å². The van der Waals surface area contributed by atoms with Crippen LogP contribution in [0, 0.1) is 13.8 Å². The first-order valence-corrected chi connectivity index (χ1v) is 6.37. The Balaban J connectivity index is 2.39. The molecule has 0 amide bonds. The Morgan fingerprint density at radius 3 is 2.29 bits per heavy atom. The van der Waals surface area contributed by atoms with E-state index in [9.17, 15) is 5.11 Å². The molecule has 0 aliphatic carbocycles. The van der Waals surface area contributed by atoms with Gasteiger partial charge in [0, 0.05) is 4.47 Å². The summed E-state index contributed by atoms with van der Waals surface area (Å²) in [4.78, 5) is 0. The van der Waals surface area contributed by atoms with E-state index in [1.54, 1.807) is 0 Å². The minimum Gasteiger partial charge on any atom is -0.384 e. The molecule has 0 spiro atoms. The average molecular weight is 291 g/mol. The van der Waals surface area contributed by atoms with Crippen LogP contribution in [0.5, 0.6) is 0 Å². The number of aliphatic hydroxyl groups excluding tert-OH is 1. The molecule has 1 nitrogen and oxygen atoms in total. The number of hydrogen-bond donors (Lipinski definition) is 1. The van der Waals surface area contributed by atoms with Crippen molar-refractivity contribution in [3.63, 3.8) is 0 Å². The van der Waals surface area contributed by atoms with Crippen LogP contribution in [-0.2, 0) is 0 Å². The van der Waals surface area contributed by atoms with Gasteiger partial charge in [-0.25, -0.2) is 0 Å². The largest absolute Gasteiger partial charge is 0.384 e. The van der Waals surface area contributed by atoms with Crippen LogP contribution in [0.4, 0.5) is 0 Å². The van der Waals surface area contributed by atoms with Crippen molar-refractivity contribution in [2.75, 3.05) is 0 Å². The SMILES string of the molecule is Cc1cccc(C(O)c2cc(C)cc(Br)c2)c1. The lowest BCUT2D eigenvalue weighted by Crippen LogP contribution is -2.00. The van der Waals surface area contributed by atoms with Crippen LogP contribution in [0.2, 0.25) is 0 Å². The van der Waals surface area contributed by atoms with Crippen LogP contribution in [0.15, 0.2) is 46.9 Å². The van der Waals surface area contributed by atoms with Crippen molar-refractivity contribution in [1.82, 2.24) is 0 Å². The zero-order valence-corrected chi connectivity index (χ0v) is 11.5. The number of rotatable bonds is 2. The maximum Gasteiger partial charge on any atom is 0.104 e. The lowest BCUT2D eigenvalue weighted by atomic mass is 9.99. The third kappa shape index (κ3) is 2.96. The van der Waals surface area contributed by atoms with Gasteiger partial charge in [-0.15, -0.1) is 0 Å². The highest BCUT2D eigenvalue weighted by atomic mass is 79.9. The smallest absolute Gasteiger partial charge is 0.104 e. The van der Waals surface area contributed by atoms with E-state index in [0.717, 1.165) is 26.7 Å². The van der Waals surface area contributed by atoms with Gasteiger partial charge in [-0.2, -0.15) is 0 Å². The molecule has 2 aromatic carbocycles. The molecule has 0 saturated heterocycles. The van der Waals surface area contributed by atoms with Crippen LogP contribution < -0.4 is 0 Å². The Morgan fingerprint density at radius 2 is 1.65 bits per heavy atom. The second-order valence-corrected chi connectivity index (χ2v) is 5.29. The molecule has 0 fully saturated rings. The normalized spacial score (nSPS) is 12.5. The lowest BCUT2D eigenvalue weighted by Gasteiger charge is -2.13. The van der Waals surface area contributed by atoms with E-state index < -0.39 is 6.10 Å². The van der Waals surface area contributed by atoms with Crippen molar-refractivity contribution in [1.29, 1.82) is 0 Å². The molecule has 0 bridgehead atoms. The van der Waals surface area contributed by atoms with Gasteiger partial charge in [-0.05, 0) is 42.7 Å². The molecule has 17 heavy (non-hydrogen) atoms. The Kier molecular flexibility index (Phi) is 3.65. The second-order valence-electron chi connectivity index (χ2n) is 4.38. The summed E-state index contributed by atoms with van der Waals surface area (Å²) in [6.07, 6.45) is -0.564. The van der Waals surface area contributed by atoms with Gasteiger partial charge >= 0.3 is 0 Å². The Morgan fingerprint density at radius 1 is 0.941 bits per heavy atom. The van der Waals surface area contributed by atoms with Crippen LogP contribution in [0.3, 0.4) is 0 Å². The Labute approximate surface area is 110 Å². The minimum atomic E-state index is -0.564. The highest BCUT2D eigenvalue weighted by molar-refractivity contribution is 9.10. The van der Waals surface area contributed by atoms with E-state index in [1.165, 1.54) is 0 Å². The van der Waals surface area contributed by atoms with Gasteiger partial charge in [0.25, 0.3) is 0 Å². The van der Waals surface area contributed by atoms with Crippen molar-refractivity contribution in [3.8, 4) is 0 Å². The quantitative estimate of drug-likeness (QED) is 0.881. The van der Waals surface area contributed by atoms with Gasteiger partial charge in [0.2, 0.25) is 0 Å². The minimum absolute atomic E-state index is 0.564. The molecule has 2 rings (SSSR count). The summed E-state index contributed by atoms with van der Waals surface area (Å²) in [5.41, 5.74) is 4.15. The Hall–Kier alpha value is -1.12. The number of hydrogen-bond acceptors (Lipinski definition) is 1. The summed E-state index contributed by atoms with van der Waals surface area (Å²) in [6, 6.07) is 14.0. The van der Waals surface area contributed by atoms with Crippen molar-refractivity contribution >= 4 is 15.9 Å². The average Bonchev–Trinajstić information content (AvgIpc) is 2.26. The molecule has 1 unspecified atom stereocenters. The fraction of sp³-hybridized carbons (Fsp3) is 0.200. The van der Waals surface area contributed by atoms with Crippen LogP contribution in [0.1, 0.15) is 28.4 Å². The van der Waals surface area contributed by atoms with E-state index in [-0.39, 0.29) is 0 Å². The monoisotopic (exact) mass is 290 g/mol. The zero-order valence-electron chi connectivity index (χ0n) is 9.94. The molecule has 88 valence electrons. The van der Waals surface area contributed by atoms with Crippen molar-refractivity contribution < 1.29 is 5.11 Å². The molecule has 2 heteroatoms. The molecule has 0 radical (unpaired) electrons. The summed E-state index contributed by atoms with van der Waals surface area (Å²) in [6.45, 7) is 4.06. The maximum atomic E-state index is 10.3. The summed E-state index contributed by atoms with van der Waals surface area (Å²) < 4.78 is 0.999. The van der Waals surface area contributed by atoms with Crippen molar-refractivity contribution in [3.05, 3.63) is 69.2 Å². The van der Waals surface area contributed by atoms with Gasteiger partial charge in [0.05, 0.1) is 0 Å². The molecule has 0 aliphatic heterocycles. The number of aryl methyl sites for hydroxylation is 2. The predicted molar refractivity (Wildman–Crippen MR) is 74.1 cm³/mol. The van der Waals surface area contributed by atoms with Crippen LogP contribution >= 0.6 is 15.9 Å². The fourth-order valence-corrected chi connectivity index (χ4v) is 2.58. The van der Waals surface area contributed by atoms with Crippen molar-refractivity contribution in [2.45, 2.75) is 20.0 Å². The molecule has 0 saturated carbocycles. The van der Waals surface area contributed by atoms with Gasteiger partial charge in [-0.3, -0.25) is 0 Å². The van der Waals surface area contributed by atoms with Crippen LogP contribution in [0.25, 0.3) is 0 Å². The van der Waals surface area contributed by atoms with E-state index in [4.69, 9.17) is 0 Å². The molecule has 1 atom stereocenters. The molecule has 0 heterocycles. The summed E-state index contributed by atoms with van der Waals surface area (Å²) in [5, 5.41) is 10.3. The fourth-order valence-electron chi connectivity index (χ4n) is 1.96. The van der Waals surface area contributed by atoms with E-state index >= 15 is 0 Å². The molecule has 0 aliphatic rings. The molecule has 2 aromatic rings. The van der Waals surface area contributed by atoms with E-state index in [0.29, 0.717) is 0 Å². The van der Waals surface area contributed by atoms with Gasteiger partial charge < -0.3 is 5.11 Å². The molecule has 0 aromatic heterocycles. The van der Waals surface area contributed by atoms with Gasteiger partial charge in [-0.1, -0.05) is 51.8 Å². The standard InChI is InChI=1S/C15H15BrO/c1-10-4-3-5-12(6-10)15(17)13-7-11(2)8-14(16)9-13/h3-9,15,17H,1-2H3. The number of benzene rings is 2. The highest BCUT2D eigenvalue weighted by Gasteiger charge is 2.11.